The molecule has 1 aromatic heterocycles. The van der Waals surface area contributed by atoms with Gasteiger partial charge in [0.2, 0.25) is 5.95 Å². The first kappa shape index (κ1) is 28.4. The molecule has 0 amide bonds. The molecule has 1 N–H and O–H groups in total. The van der Waals surface area contributed by atoms with Crippen molar-refractivity contribution >= 4 is 29.5 Å². The van der Waals surface area contributed by atoms with Crippen molar-refractivity contribution in [2.24, 2.45) is 0 Å². The van der Waals surface area contributed by atoms with Crippen LogP contribution in [0.15, 0.2) is 42.6 Å². The highest BCUT2D eigenvalue weighted by molar-refractivity contribution is 7.99. The first-order valence-electron chi connectivity index (χ1n) is 12.1. The second kappa shape index (κ2) is 12.9. The van der Waals surface area contributed by atoms with E-state index in [1.807, 2.05) is 63.4 Å². The van der Waals surface area contributed by atoms with E-state index in [9.17, 15) is 5.26 Å². The summed E-state index contributed by atoms with van der Waals surface area (Å²) < 4.78 is 21.0. The van der Waals surface area contributed by atoms with Crippen LogP contribution in [0.1, 0.15) is 63.4 Å². The molecule has 37 heavy (non-hydrogen) atoms. The molecule has 2 aromatic carbocycles. The lowest BCUT2D eigenvalue weighted by atomic mass is 9.77. The van der Waals surface area contributed by atoms with Gasteiger partial charge >= 0.3 is 0 Å². The molecule has 0 saturated carbocycles. The Morgan fingerprint density at radius 1 is 1.11 bits per heavy atom. The molecule has 0 spiro atoms. The molecule has 0 fully saturated rings. The Kier molecular flexibility index (Phi) is 9.90. The number of halogens is 1. The number of nitrogens with one attached hydrogen (secondary N) is 1. The number of hydrogen-bond acceptors (Lipinski definition) is 8. The van der Waals surface area contributed by atoms with Gasteiger partial charge in [-0.05, 0) is 61.7 Å². The number of aromatic nitrogens is 2. The molecule has 3 aromatic rings. The maximum absolute atomic E-state index is 9.74. The number of ether oxygens (including phenoxy) is 3. The van der Waals surface area contributed by atoms with E-state index in [1.54, 1.807) is 6.20 Å². The highest BCUT2D eigenvalue weighted by Gasteiger charge is 2.27. The summed E-state index contributed by atoms with van der Waals surface area (Å²) in [6.07, 6.45) is 4.39. The Balaban J connectivity index is 1.92. The molecule has 9 heteroatoms. The fraction of sp³-hybridized carbons (Fsp3) is 0.393. The van der Waals surface area contributed by atoms with E-state index in [1.165, 1.54) is 11.9 Å². The van der Waals surface area contributed by atoms with Gasteiger partial charge in [0.25, 0.3) is 0 Å². The van der Waals surface area contributed by atoms with Crippen molar-refractivity contribution in [3.63, 3.8) is 0 Å². The molecule has 0 radical (unpaired) electrons. The molecule has 0 bridgehead atoms. The summed E-state index contributed by atoms with van der Waals surface area (Å²) >= 11 is 7.99. The summed E-state index contributed by atoms with van der Waals surface area (Å²) in [5.41, 5.74) is 2.58. The van der Waals surface area contributed by atoms with E-state index in [0.717, 1.165) is 23.2 Å². The van der Waals surface area contributed by atoms with Crippen LogP contribution < -0.4 is 18.9 Å². The average molecular weight is 541 g/mol. The van der Waals surface area contributed by atoms with Crippen molar-refractivity contribution in [3.05, 3.63) is 70.0 Å². The molecule has 3 rings (SSSR count). The molecule has 0 aliphatic rings. The Morgan fingerprint density at radius 3 is 2.57 bits per heavy atom. The minimum absolute atomic E-state index is 0.0493. The molecule has 0 aliphatic carbocycles. The zero-order valence-corrected chi connectivity index (χ0v) is 23.7. The van der Waals surface area contributed by atoms with Gasteiger partial charge in [0.05, 0.1) is 29.0 Å². The van der Waals surface area contributed by atoms with Gasteiger partial charge in [0.1, 0.15) is 12.7 Å². The third-order valence-electron chi connectivity index (χ3n) is 5.65. The summed E-state index contributed by atoms with van der Waals surface area (Å²) in [4.78, 5) is 8.64. The van der Waals surface area contributed by atoms with Crippen molar-refractivity contribution in [3.8, 4) is 23.3 Å². The van der Waals surface area contributed by atoms with Crippen LogP contribution in [0.2, 0.25) is 5.02 Å². The van der Waals surface area contributed by atoms with Crippen LogP contribution in [0, 0.1) is 11.3 Å². The predicted molar refractivity (Wildman–Crippen MR) is 150 cm³/mol. The summed E-state index contributed by atoms with van der Waals surface area (Å²) in [6, 6.07) is 13.7. The number of hydrogen-bond donors (Lipinski definition) is 1. The van der Waals surface area contributed by atoms with Crippen LogP contribution >= 0.6 is 23.5 Å². The average Bonchev–Trinajstić information content (AvgIpc) is 2.86. The first-order valence-corrected chi connectivity index (χ1v) is 13.7. The van der Waals surface area contributed by atoms with E-state index in [4.69, 9.17) is 25.8 Å². The Hall–Kier alpha value is -3.15. The molecule has 0 atom stereocenters. The highest BCUT2D eigenvalue weighted by Crippen LogP contribution is 2.41. The number of nitriles is 1. The lowest BCUT2D eigenvalue weighted by molar-refractivity contribution is 0.217. The van der Waals surface area contributed by atoms with Gasteiger partial charge in [-0.15, -0.1) is 0 Å². The number of rotatable bonds is 12. The van der Waals surface area contributed by atoms with Gasteiger partial charge in [-0.25, -0.2) is 9.97 Å². The predicted octanol–water partition coefficient (Wildman–Crippen LogP) is 7.17. The van der Waals surface area contributed by atoms with Crippen LogP contribution in [0.4, 0.5) is 5.95 Å². The second-order valence-electron chi connectivity index (χ2n) is 9.21. The summed E-state index contributed by atoms with van der Waals surface area (Å²) in [5.74, 6) is 2.21. The second-order valence-corrected chi connectivity index (χ2v) is 10.2. The minimum atomic E-state index is -0.475. The number of anilines is 1. The molecule has 1 heterocycles. The van der Waals surface area contributed by atoms with Crippen LogP contribution in [0.5, 0.6) is 17.2 Å². The standard InChI is InChI=1S/C28H33ClN4O3S/c1-7-12-34-26-19(16-30)13-21(14-23(26)29)28(4,5)20-8-9-24(25(15-20)36-18(2)3)35-17-22-10-11-31-27(32-22)33-37-6/h8-11,13-15,18H,7,12,17H2,1-6H3,(H,31,32,33). The van der Waals surface area contributed by atoms with Gasteiger partial charge in [-0.3, -0.25) is 4.72 Å². The van der Waals surface area contributed by atoms with Crippen LogP contribution in [-0.4, -0.2) is 28.9 Å². The van der Waals surface area contributed by atoms with Gasteiger partial charge in [-0.1, -0.05) is 50.4 Å². The first-order chi connectivity index (χ1) is 17.7. The van der Waals surface area contributed by atoms with Gasteiger partial charge < -0.3 is 14.2 Å². The highest BCUT2D eigenvalue weighted by atomic mass is 35.5. The van der Waals surface area contributed by atoms with Gasteiger partial charge in [0, 0.05) is 17.9 Å². The minimum Gasteiger partial charge on any atom is -0.491 e. The quantitative estimate of drug-likeness (QED) is 0.242. The van der Waals surface area contributed by atoms with Crippen molar-refractivity contribution in [2.75, 3.05) is 17.6 Å². The van der Waals surface area contributed by atoms with Crippen LogP contribution in [0.3, 0.4) is 0 Å². The Bertz CT molecular complexity index is 1260. The van der Waals surface area contributed by atoms with Crippen molar-refractivity contribution in [2.45, 2.75) is 59.2 Å². The molecule has 196 valence electrons. The third kappa shape index (κ3) is 7.21. The van der Waals surface area contributed by atoms with E-state index >= 15 is 0 Å². The van der Waals surface area contributed by atoms with Crippen molar-refractivity contribution in [1.82, 2.24) is 9.97 Å². The van der Waals surface area contributed by atoms with Crippen LogP contribution in [-0.2, 0) is 12.0 Å². The zero-order valence-electron chi connectivity index (χ0n) is 22.1. The lowest BCUT2D eigenvalue weighted by Crippen LogP contribution is -2.20. The number of benzene rings is 2. The maximum atomic E-state index is 9.74. The zero-order chi connectivity index (χ0) is 27.0. The monoisotopic (exact) mass is 540 g/mol. The van der Waals surface area contributed by atoms with Crippen molar-refractivity contribution < 1.29 is 14.2 Å². The van der Waals surface area contributed by atoms with E-state index in [-0.39, 0.29) is 12.7 Å². The topological polar surface area (TPSA) is 89.3 Å². The third-order valence-corrected chi connectivity index (χ3v) is 6.31. The number of nitrogens with zero attached hydrogens (tertiary/aromatic N) is 3. The van der Waals surface area contributed by atoms with E-state index in [2.05, 4.69) is 34.6 Å². The molecule has 0 aliphatic heterocycles. The fourth-order valence-corrected chi connectivity index (χ4v) is 4.24. The fourth-order valence-electron chi connectivity index (χ4n) is 3.69. The Labute approximate surface area is 228 Å². The largest absolute Gasteiger partial charge is 0.491 e. The van der Waals surface area contributed by atoms with Gasteiger partial charge in [0.15, 0.2) is 17.2 Å². The van der Waals surface area contributed by atoms with Crippen LogP contribution in [0.25, 0.3) is 0 Å². The smallest absolute Gasteiger partial charge is 0.233 e. The molecular formula is C28H33ClN4O3S. The summed E-state index contributed by atoms with van der Waals surface area (Å²) in [6.45, 7) is 10.9. The normalized spacial score (nSPS) is 11.2. The Morgan fingerprint density at radius 2 is 1.89 bits per heavy atom. The van der Waals surface area contributed by atoms with E-state index < -0.39 is 5.41 Å². The van der Waals surface area contributed by atoms with Crippen molar-refractivity contribution in [1.29, 1.82) is 5.26 Å². The summed E-state index contributed by atoms with van der Waals surface area (Å²) in [5, 5.41) is 10.2. The lowest BCUT2D eigenvalue weighted by Gasteiger charge is -2.28. The molecule has 7 nitrogen and oxygen atoms in total. The summed E-state index contributed by atoms with van der Waals surface area (Å²) in [7, 11) is 0. The maximum Gasteiger partial charge on any atom is 0.233 e. The SMILES string of the molecule is CCCOc1c(Cl)cc(C(C)(C)c2ccc(OCc3ccnc(NSC)n3)c(OC(C)C)c2)cc1C#N. The molecule has 0 unspecified atom stereocenters. The molecular weight excluding hydrogens is 508 g/mol. The van der Waals surface area contributed by atoms with Gasteiger partial charge in [-0.2, -0.15) is 5.26 Å². The molecule has 0 saturated heterocycles. The van der Waals surface area contributed by atoms with E-state index in [0.29, 0.717) is 40.4 Å².